The lowest BCUT2D eigenvalue weighted by molar-refractivity contribution is 0.110. The van der Waals surface area contributed by atoms with Gasteiger partial charge in [0, 0.05) is 25.2 Å². The van der Waals surface area contributed by atoms with Crippen molar-refractivity contribution in [3.63, 3.8) is 0 Å². The van der Waals surface area contributed by atoms with E-state index < -0.39 is 0 Å². The van der Waals surface area contributed by atoms with Crippen molar-refractivity contribution in [2.24, 2.45) is 11.3 Å². The molecule has 0 aromatic heterocycles. The SMILES string of the molecule is CCN1CC(CC(C)(C)C)CC(NC2CCCCC2)C1. The lowest BCUT2D eigenvalue weighted by atomic mass is 9.79. The van der Waals surface area contributed by atoms with Crippen LogP contribution in [-0.4, -0.2) is 36.6 Å². The van der Waals surface area contributed by atoms with Crippen LogP contribution in [0.25, 0.3) is 0 Å². The van der Waals surface area contributed by atoms with E-state index in [1.165, 1.54) is 64.6 Å². The first-order valence-electron chi connectivity index (χ1n) is 8.94. The summed E-state index contributed by atoms with van der Waals surface area (Å²) in [4.78, 5) is 2.67. The third-order valence-corrected chi connectivity index (χ3v) is 5.04. The molecule has 2 aliphatic rings. The Balaban J connectivity index is 1.87. The molecule has 1 saturated heterocycles. The predicted molar refractivity (Wildman–Crippen MR) is 88.1 cm³/mol. The Morgan fingerprint density at radius 1 is 1.00 bits per heavy atom. The zero-order valence-corrected chi connectivity index (χ0v) is 14.3. The molecule has 0 radical (unpaired) electrons. The summed E-state index contributed by atoms with van der Waals surface area (Å²) >= 11 is 0. The van der Waals surface area contributed by atoms with E-state index in [0.29, 0.717) is 5.41 Å². The van der Waals surface area contributed by atoms with Crippen molar-refractivity contribution < 1.29 is 0 Å². The van der Waals surface area contributed by atoms with Crippen LogP contribution in [0.4, 0.5) is 0 Å². The Bertz CT molecular complexity index is 276. The molecule has 0 bridgehead atoms. The Labute approximate surface area is 126 Å². The smallest absolute Gasteiger partial charge is 0.0200 e. The standard InChI is InChI=1S/C18H36N2/c1-5-20-13-15(12-18(2,3)4)11-17(14-20)19-16-9-7-6-8-10-16/h15-17,19H,5-14H2,1-4H3. The monoisotopic (exact) mass is 280 g/mol. The van der Waals surface area contributed by atoms with Crippen LogP contribution in [-0.2, 0) is 0 Å². The molecule has 1 heterocycles. The molecule has 1 aliphatic heterocycles. The van der Waals surface area contributed by atoms with Crippen LogP contribution >= 0.6 is 0 Å². The molecule has 20 heavy (non-hydrogen) atoms. The number of rotatable bonds is 4. The zero-order chi connectivity index (χ0) is 14.6. The molecule has 2 nitrogen and oxygen atoms in total. The van der Waals surface area contributed by atoms with Crippen molar-refractivity contribution in [2.75, 3.05) is 19.6 Å². The Hall–Kier alpha value is -0.0800. The molecule has 0 spiro atoms. The summed E-state index contributed by atoms with van der Waals surface area (Å²) in [5, 5.41) is 4.00. The van der Waals surface area contributed by atoms with E-state index >= 15 is 0 Å². The van der Waals surface area contributed by atoms with E-state index in [4.69, 9.17) is 0 Å². The molecule has 1 saturated carbocycles. The topological polar surface area (TPSA) is 15.3 Å². The molecular weight excluding hydrogens is 244 g/mol. The summed E-state index contributed by atoms with van der Waals surface area (Å²) in [6, 6.07) is 1.54. The van der Waals surface area contributed by atoms with Gasteiger partial charge in [0.1, 0.15) is 0 Å². The van der Waals surface area contributed by atoms with Crippen LogP contribution in [0.5, 0.6) is 0 Å². The molecule has 2 heteroatoms. The maximum Gasteiger partial charge on any atom is 0.0200 e. The van der Waals surface area contributed by atoms with E-state index in [1.807, 2.05) is 0 Å². The number of nitrogens with zero attached hydrogens (tertiary/aromatic N) is 1. The fourth-order valence-electron chi connectivity index (χ4n) is 4.30. The van der Waals surface area contributed by atoms with Crippen LogP contribution in [0.2, 0.25) is 0 Å². The maximum absolute atomic E-state index is 4.00. The van der Waals surface area contributed by atoms with Crippen LogP contribution in [0.1, 0.15) is 72.6 Å². The molecule has 2 unspecified atom stereocenters. The zero-order valence-electron chi connectivity index (χ0n) is 14.3. The highest BCUT2D eigenvalue weighted by Crippen LogP contribution is 2.31. The lowest BCUT2D eigenvalue weighted by Gasteiger charge is -2.41. The van der Waals surface area contributed by atoms with E-state index in [1.54, 1.807) is 0 Å². The average Bonchev–Trinajstić information content (AvgIpc) is 2.37. The van der Waals surface area contributed by atoms with Gasteiger partial charge < -0.3 is 10.2 Å². The fraction of sp³-hybridized carbons (Fsp3) is 1.00. The summed E-state index contributed by atoms with van der Waals surface area (Å²) in [7, 11) is 0. The van der Waals surface area contributed by atoms with Gasteiger partial charge in [-0.2, -0.15) is 0 Å². The first-order chi connectivity index (χ1) is 9.46. The quantitative estimate of drug-likeness (QED) is 0.835. The van der Waals surface area contributed by atoms with E-state index in [9.17, 15) is 0 Å². The minimum absolute atomic E-state index is 0.469. The van der Waals surface area contributed by atoms with Gasteiger partial charge in [-0.3, -0.25) is 0 Å². The molecule has 0 aromatic carbocycles. The Morgan fingerprint density at radius 3 is 2.30 bits per heavy atom. The molecule has 2 atom stereocenters. The maximum atomic E-state index is 4.00. The van der Waals surface area contributed by atoms with Crippen LogP contribution in [0.15, 0.2) is 0 Å². The van der Waals surface area contributed by atoms with Gasteiger partial charge in [-0.15, -0.1) is 0 Å². The summed E-state index contributed by atoms with van der Waals surface area (Å²) in [6.07, 6.45) is 9.91. The normalized spacial score (nSPS) is 30.6. The van der Waals surface area contributed by atoms with Crippen LogP contribution in [0, 0.1) is 11.3 Å². The highest BCUT2D eigenvalue weighted by Gasteiger charge is 2.30. The minimum atomic E-state index is 0.469. The highest BCUT2D eigenvalue weighted by molar-refractivity contribution is 4.87. The van der Waals surface area contributed by atoms with E-state index in [0.717, 1.165) is 18.0 Å². The second-order valence-electron chi connectivity index (χ2n) is 8.42. The van der Waals surface area contributed by atoms with E-state index in [-0.39, 0.29) is 0 Å². The number of likely N-dealkylation sites (N-methyl/N-ethyl adjacent to an activating group) is 1. The largest absolute Gasteiger partial charge is 0.310 e. The molecule has 0 amide bonds. The van der Waals surface area contributed by atoms with Gasteiger partial charge in [0.2, 0.25) is 0 Å². The van der Waals surface area contributed by atoms with Gasteiger partial charge in [0.15, 0.2) is 0 Å². The first kappa shape index (κ1) is 16.3. The highest BCUT2D eigenvalue weighted by atomic mass is 15.2. The van der Waals surface area contributed by atoms with Gasteiger partial charge >= 0.3 is 0 Å². The van der Waals surface area contributed by atoms with Crippen molar-refractivity contribution in [1.82, 2.24) is 10.2 Å². The molecule has 2 fully saturated rings. The van der Waals surface area contributed by atoms with Gasteiger partial charge in [-0.1, -0.05) is 47.0 Å². The summed E-state index contributed by atoms with van der Waals surface area (Å²) < 4.78 is 0. The predicted octanol–water partition coefficient (Wildman–Crippen LogP) is 4.06. The van der Waals surface area contributed by atoms with Gasteiger partial charge in [-0.05, 0) is 43.6 Å². The second kappa shape index (κ2) is 7.26. The first-order valence-corrected chi connectivity index (χ1v) is 8.94. The number of piperidine rings is 1. The fourth-order valence-corrected chi connectivity index (χ4v) is 4.30. The van der Waals surface area contributed by atoms with Crippen molar-refractivity contribution >= 4 is 0 Å². The second-order valence-corrected chi connectivity index (χ2v) is 8.42. The van der Waals surface area contributed by atoms with Crippen molar-refractivity contribution in [2.45, 2.75) is 84.7 Å². The molecule has 1 N–H and O–H groups in total. The van der Waals surface area contributed by atoms with Crippen molar-refractivity contribution in [3.8, 4) is 0 Å². The molecular formula is C18H36N2. The van der Waals surface area contributed by atoms with Crippen molar-refractivity contribution in [1.29, 1.82) is 0 Å². The molecule has 2 rings (SSSR count). The van der Waals surface area contributed by atoms with E-state index in [2.05, 4.69) is 37.9 Å². The summed E-state index contributed by atoms with van der Waals surface area (Å²) in [5.74, 6) is 0.879. The molecule has 118 valence electrons. The minimum Gasteiger partial charge on any atom is -0.310 e. The molecule has 1 aliphatic carbocycles. The summed E-state index contributed by atoms with van der Waals surface area (Å²) in [5.41, 5.74) is 0.469. The third-order valence-electron chi connectivity index (χ3n) is 5.04. The number of hydrogen-bond donors (Lipinski definition) is 1. The average molecular weight is 280 g/mol. The van der Waals surface area contributed by atoms with Crippen LogP contribution in [0.3, 0.4) is 0 Å². The van der Waals surface area contributed by atoms with Gasteiger partial charge in [0.05, 0.1) is 0 Å². The number of nitrogens with one attached hydrogen (secondary N) is 1. The van der Waals surface area contributed by atoms with Gasteiger partial charge in [-0.25, -0.2) is 0 Å². The third kappa shape index (κ3) is 5.37. The number of likely N-dealkylation sites (tertiary alicyclic amines) is 1. The summed E-state index contributed by atoms with van der Waals surface area (Å²) in [6.45, 7) is 13.3. The Kier molecular flexibility index (Phi) is 5.92. The lowest BCUT2D eigenvalue weighted by Crippen LogP contribution is -2.52. The Morgan fingerprint density at radius 2 is 1.70 bits per heavy atom. The van der Waals surface area contributed by atoms with Crippen LogP contribution < -0.4 is 5.32 Å². The number of hydrogen-bond acceptors (Lipinski definition) is 2. The van der Waals surface area contributed by atoms with Crippen molar-refractivity contribution in [3.05, 3.63) is 0 Å². The molecule has 0 aromatic rings. The van der Waals surface area contributed by atoms with Gasteiger partial charge in [0.25, 0.3) is 0 Å².